The van der Waals surface area contributed by atoms with Crippen LogP contribution in [0.5, 0.6) is 0 Å². The van der Waals surface area contributed by atoms with Gasteiger partial charge in [-0.05, 0) is 31.1 Å². The molecule has 1 rings (SSSR count). The molecule has 0 heterocycles. The van der Waals surface area contributed by atoms with E-state index in [4.69, 9.17) is 4.74 Å². The summed E-state index contributed by atoms with van der Waals surface area (Å²) in [5.41, 5.74) is 0.261. The van der Waals surface area contributed by atoms with Crippen LogP contribution < -0.4 is 0 Å². The molecule has 1 aliphatic carbocycles. The van der Waals surface area contributed by atoms with Crippen LogP contribution in [0.25, 0.3) is 0 Å². The fourth-order valence-electron chi connectivity index (χ4n) is 1.81. The minimum atomic E-state index is -0.160. The van der Waals surface area contributed by atoms with E-state index in [2.05, 4.69) is 13.5 Å². The Hall–Kier alpha value is -0.790. The normalized spacial score (nSPS) is 33.8. The highest BCUT2D eigenvalue weighted by atomic mass is 16.5. The second-order valence-electron chi connectivity index (χ2n) is 4.17. The number of rotatable bonds is 2. The van der Waals surface area contributed by atoms with Crippen LogP contribution in [0.15, 0.2) is 12.7 Å². The van der Waals surface area contributed by atoms with Crippen LogP contribution in [0.4, 0.5) is 0 Å². The highest BCUT2D eigenvalue weighted by molar-refractivity contribution is 5.66. The minimum Gasteiger partial charge on any atom is -0.463 e. The highest BCUT2D eigenvalue weighted by Crippen LogP contribution is 2.37. The van der Waals surface area contributed by atoms with Crippen molar-refractivity contribution in [3.8, 4) is 0 Å². The van der Waals surface area contributed by atoms with Gasteiger partial charge in [-0.15, -0.1) is 6.58 Å². The summed E-state index contributed by atoms with van der Waals surface area (Å²) in [6, 6.07) is 0. The predicted molar refractivity (Wildman–Crippen MR) is 52.3 cm³/mol. The molecule has 0 saturated heterocycles. The SMILES string of the molecule is C=CC1(C)CCC(OC(C)=O)CC1. The summed E-state index contributed by atoms with van der Waals surface area (Å²) in [7, 11) is 0. The number of hydrogen-bond donors (Lipinski definition) is 0. The van der Waals surface area contributed by atoms with Crippen molar-refractivity contribution < 1.29 is 9.53 Å². The van der Waals surface area contributed by atoms with Crippen molar-refractivity contribution in [2.24, 2.45) is 5.41 Å². The van der Waals surface area contributed by atoms with E-state index in [-0.39, 0.29) is 17.5 Å². The Labute approximate surface area is 80.0 Å². The van der Waals surface area contributed by atoms with Crippen molar-refractivity contribution >= 4 is 5.97 Å². The zero-order chi connectivity index (χ0) is 9.90. The van der Waals surface area contributed by atoms with Gasteiger partial charge in [-0.25, -0.2) is 0 Å². The third-order valence-corrected chi connectivity index (χ3v) is 2.90. The first-order chi connectivity index (χ1) is 6.06. The van der Waals surface area contributed by atoms with E-state index >= 15 is 0 Å². The molecule has 13 heavy (non-hydrogen) atoms. The predicted octanol–water partition coefficient (Wildman–Crippen LogP) is 2.68. The summed E-state index contributed by atoms with van der Waals surface area (Å²) < 4.78 is 5.16. The Kier molecular flexibility index (Phi) is 3.12. The van der Waals surface area contributed by atoms with Crippen LogP contribution in [0.2, 0.25) is 0 Å². The van der Waals surface area contributed by atoms with E-state index in [1.807, 2.05) is 6.08 Å². The van der Waals surface area contributed by atoms with E-state index < -0.39 is 0 Å². The number of esters is 1. The Morgan fingerprint density at radius 2 is 2.08 bits per heavy atom. The average molecular weight is 182 g/mol. The Bertz CT molecular complexity index is 200. The molecule has 2 heteroatoms. The van der Waals surface area contributed by atoms with Gasteiger partial charge in [0.15, 0.2) is 0 Å². The molecular formula is C11H18O2. The molecule has 2 nitrogen and oxygen atoms in total. The van der Waals surface area contributed by atoms with Gasteiger partial charge in [0.05, 0.1) is 0 Å². The molecule has 0 amide bonds. The van der Waals surface area contributed by atoms with Gasteiger partial charge < -0.3 is 4.74 Å². The van der Waals surface area contributed by atoms with Crippen LogP contribution in [0.3, 0.4) is 0 Å². The molecule has 0 aromatic heterocycles. The third kappa shape index (κ3) is 2.87. The van der Waals surface area contributed by atoms with Gasteiger partial charge >= 0.3 is 5.97 Å². The molecule has 1 saturated carbocycles. The van der Waals surface area contributed by atoms with Crippen LogP contribution in [-0.2, 0) is 9.53 Å². The summed E-state index contributed by atoms with van der Waals surface area (Å²) in [5, 5.41) is 0. The van der Waals surface area contributed by atoms with Crippen molar-refractivity contribution in [2.75, 3.05) is 0 Å². The van der Waals surface area contributed by atoms with Crippen molar-refractivity contribution in [1.29, 1.82) is 0 Å². The first-order valence-electron chi connectivity index (χ1n) is 4.86. The maximum Gasteiger partial charge on any atom is 0.302 e. The van der Waals surface area contributed by atoms with E-state index in [1.165, 1.54) is 6.92 Å². The van der Waals surface area contributed by atoms with Crippen molar-refractivity contribution in [3.63, 3.8) is 0 Å². The number of carbonyl (C=O) groups is 1. The van der Waals surface area contributed by atoms with Gasteiger partial charge in [0, 0.05) is 6.92 Å². The number of allylic oxidation sites excluding steroid dienone is 1. The molecule has 0 N–H and O–H groups in total. The van der Waals surface area contributed by atoms with E-state index in [9.17, 15) is 4.79 Å². The molecule has 0 unspecified atom stereocenters. The van der Waals surface area contributed by atoms with Gasteiger partial charge in [-0.2, -0.15) is 0 Å². The Morgan fingerprint density at radius 1 is 1.54 bits per heavy atom. The quantitative estimate of drug-likeness (QED) is 0.485. The van der Waals surface area contributed by atoms with Crippen LogP contribution in [-0.4, -0.2) is 12.1 Å². The molecule has 74 valence electrons. The second-order valence-corrected chi connectivity index (χ2v) is 4.17. The number of hydrogen-bond acceptors (Lipinski definition) is 2. The third-order valence-electron chi connectivity index (χ3n) is 2.90. The van der Waals surface area contributed by atoms with Crippen LogP contribution in [0.1, 0.15) is 39.5 Å². The first kappa shape index (κ1) is 10.3. The zero-order valence-corrected chi connectivity index (χ0v) is 8.51. The average Bonchev–Trinajstić information content (AvgIpc) is 2.09. The van der Waals surface area contributed by atoms with Gasteiger partial charge in [-0.3, -0.25) is 4.79 Å². The molecule has 0 aromatic rings. The zero-order valence-electron chi connectivity index (χ0n) is 8.51. The minimum absolute atomic E-state index is 0.144. The maximum absolute atomic E-state index is 10.7. The summed E-state index contributed by atoms with van der Waals surface area (Å²) in [5.74, 6) is -0.160. The summed E-state index contributed by atoms with van der Waals surface area (Å²) >= 11 is 0. The smallest absolute Gasteiger partial charge is 0.302 e. The Balaban J connectivity index is 2.38. The molecule has 0 radical (unpaired) electrons. The molecule has 0 aromatic carbocycles. The molecule has 0 atom stereocenters. The second kappa shape index (κ2) is 3.95. The summed E-state index contributed by atoms with van der Waals surface area (Å²) in [6.07, 6.45) is 6.27. The summed E-state index contributed by atoms with van der Waals surface area (Å²) in [4.78, 5) is 10.7. The van der Waals surface area contributed by atoms with E-state index in [1.54, 1.807) is 0 Å². The van der Waals surface area contributed by atoms with E-state index in [0.717, 1.165) is 25.7 Å². The number of ether oxygens (including phenoxy) is 1. The monoisotopic (exact) mass is 182 g/mol. The molecule has 0 spiro atoms. The summed E-state index contributed by atoms with van der Waals surface area (Å²) in [6.45, 7) is 7.52. The first-order valence-corrected chi connectivity index (χ1v) is 4.86. The maximum atomic E-state index is 10.7. The molecular weight excluding hydrogens is 164 g/mol. The highest BCUT2D eigenvalue weighted by Gasteiger charge is 2.29. The lowest BCUT2D eigenvalue weighted by Gasteiger charge is -2.34. The standard InChI is InChI=1S/C11H18O2/c1-4-11(3)7-5-10(6-8-11)13-9(2)12/h4,10H,1,5-8H2,2-3H3. The van der Waals surface area contributed by atoms with Gasteiger partial charge in [0.2, 0.25) is 0 Å². The van der Waals surface area contributed by atoms with Crippen molar-refractivity contribution in [3.05, 3.63) is 12.7 Å². The topological polar surface area (TPSA) is 26.3 Å². The lowest BCUT2D eigenvalue weighted by Crippen LogP contribution is -2.28. The molecule has 0 bridgehead atoms. The molecule has 1 fully saturated rings. The Morgan fingerprint density at radius 3 is 2.46 bits per heavy atom. The molecule has 1 aliphatic rings. The van der Waals surface area contributed by atoms with Crippen molar-refractivity contribution in [2.45, 2.75) is 45.6 Å². The largest absolute Gasteiger partial charge is 0.463 e. The van der Waals surface area contributed by atoms with Crippen LogP contribution in [0, 0.1) is 5.41 Å². The van der Waals surface area contributed by atoms with Gasteiger partial charge in [-0.1, -0.05) is 13.0 Å². The van der Waals surface area contributed by atoms with Gasteiger partial charge in [0.25, 0.3) is 0 Å². The number of carbonyl (C=O) groups excluding carboxylic acids is 1. The lowest BCUT2D eigenvalue weighted by molar-refractivity contribution is -0.148. The fourth-order valence-corrected chi connectivity index (χ4v) is 1.81. The lowest BCUT2D eigenvalue weighted by atomic mass is 9.75. The van der Waals surface area contributed by atoms with Gasteiger partial charge in [0.1, 0.15) is 6.10 Å². The van der Waals surface area contributed by atoms with E-state index in [0.29, 0.717) is 0 Å². The van der Waals surface area contributed by atoms with Crippen LogP contribution >= 0.6 is 0 Å². The van der Waals surface area contributed by atoms with Crippen molar-refractivity contribution in [1.82, 2.24) is 0 Å². The molecule has 0 aliphatic heterocycles. The fraction of sp³-hybridized carbons (Fsp3) is 0.727.